The zero-order valence-corrected chi connectivity index (χ0v) is 9.59. The molecule has 2 N–H and O–H groups in total. The van der Waals surface area contributed by atoms with Crippen LogP contribution in [0.5, 0.6) is 0 Å². The molecule has 84 valence electrons. The average Bonchev–Trinajstić information content (AvgIpc) is 2.76. The van der Waals surface area contributed by atoms with Gasteiger partial charge in [0.25, 0.3) is 0 Å². The minimum atomic E-state index is 0.767. The van der Waals surface area contributed by atoms with Gasteiger partial charge in [0.15, 0.2) is 0 Å². The van der Waals surface area contributed by atoms with E-state index in [1.54, 1.807) is 0 Å². The number of anilines is 1. The van der Waals surface area contributed by atoms with Crippen LogP contribution in [0.25, 0.3) is 16.7 Å². The molecule has 0 aliphatic carbocycles. The number of nitrogens with zero attached hydrogens (tertiary/aromatic N) is 2. The van der Waals surface area contributed by atoms with Crippen molar-refractivity contribution in [2.75, 3.05) is 5.73 Å². The lowest BCUT2D eigenvalue weighted by Crippen LogP contribution is -1.97. The molecule has 0 saturated carbocycles. The summed E-state index contributed by atoms with van der Waals surface area (Å²) in [5, 5.41) is 0. The van der Waals surface area contributed by atoms with Crippen molar-refractivity contribution in [2.24, 2.45) is 0 Å². The SMILES string of the molecule is Cc1ccc(N)cc1-n1cnc2ccccc21. The third-order valence-electron chi connectivity index (χ3n) is 2.95. The minimum absolute atomic E-state index is 0.767. The molecule has 3 heteroatoms. The van der Waals surface area contributed by atoms with E-state index in [2.05, 4.69) is 22.5 Å². The quantitative estimate of drug-likeness (QED) is 0.644. The lowest BCUT2D eigenvalue weighted by Gasteiger charge is -2.08. The first-order valence-electron chi connectivity index (χ1n) is 5.54. The van der Waals surface area contributed by atoms with E-state index in [1.807, 2.05) is 42.7 Å². The molecule has 0 saturated heterocycles. The minimum Gasteiger partial charge on any atom is -0.399 e. The Balaban J connectivity index is 2.31. The molecule has 0 spiro atoms. The first-order valence-corrected chi connectivity index (χ1v) is 5.54. The van der Waals surface area contributed by atoms with Gasteiger partial charge < -0.3 is 5.73 Å². The van der Waals surface area contributed by atoms with Gasteiger partial charge in [-0.1, -0.05) is 18.2 Å². The van der Waals surface area contributed by atoms with E-state index < -0.39 is 0 Å². The average molecular weight is 223 g/mol. The van der Waals surface area contributed by atoms with Gasteiger partial charge in [-0.25, -0.2) is 4.98 Å². The molecule has 3 rings (SSSR count). The Hall–Kier alpha value is -2.29. The molecule has 3 aromatic rings. The molecule has 0 aliphatic rings. The Morgan fingerprint density at radius 2 is 1.94 bits per heavy atom. The van der Waals surface area contributed by atoms with Crippen molar-refractivity contribution in [3.8, 4) is 5.69 Å². The second kappa shape index (κ2) is 3.63. The van der Waals surface area contributed by atoms with Crippen LogP contribution in [0.4, 0.5) is 5.69 Å². The number of benzene rings is 2. The molecule has 0 radical (unpaired) electrons. The van der Waals surface area contributed by atoms with Gasteiger partial charge in [-0.05, 0) is 36.8 Å². The van der Waals surface area contributed by atoms with Crippen molar-refractivity contribution in [1.82, 2.24) is 9.55 Å². The summed E-state index contributed by atoms with van der Waals surface area (Å²) in [6.45, 7) is 2.07. The Kier molecular flexibility index (Phi) is 2.11. The van der Waals surface area contributed by atoms with E-state index in [0.29, 0.717) is 0 Å². The number of para-hydroxylation sites is 2. The number of hydrogen-bond acceptors (Lipinski definition) is 2. The molecule has 0 atom stereocenters. The summed E-state index contributed by atoms with van der Waals surface area (Å²) in [5.41, 5.74) is 11.0. The fraction of sp³-hybridized carbons (Fsp3) is 0.0714. The highest BCUT2D eigenvalue weighted by molar-refractivity contribution is 5.77. The van der Waals surface area contributed by atoms with E-state index in [9.17, 15) is 0 Å². The van der Waals surface area contributed by atoms with Crippen molar-refractivity contribution in [3.05, 3.63) is 54.4 Å². The standard InChI is InChI=1S/C14H13N3/c1-10-6-7-11(15)8-14(10)17-9-16-12-4-2-3-5-13(12)17/h2-9H,15H2,1H3. The molecule has 0 aliphatic heterocycles. The van der Waals surface area contributed by atoms with Gasteiger partial charge in [-0.2, -0.15) is 0 Å². The Morgan fingerprint density at radius 1 is 1.12 bits per heavy atom. The van der Waals surface area contributed by atoms with Crippen LogP contribution in [-0.4, -0.2) is 9.55 Å². The smallest absolute Gasteiger partial charge is 0.100 e. The Bertz CT molecular complexity index is 683. The summed E-state index contributed by atoms with van der Waals surface area (Å²) >= 11 is 0. The van der Waals surface area contributed by atoms with Crippen LogP contribution >= 0.6 is 0 Å². The van der Waals surface area contributed by atoms with Gasteiger partial charge in [-0.3, -0.25) is 4.57 Å². The zero-order valence-electron chi connectivity index (χ0n) is 9.59. The maximum absolute atomic E-state index is 5.84. The highest BCUT2D eigenvalue weighted by Crippen LogP contribution is 2.22. The second-order valence-corrected chi connectivity index (χ2v) is 4.15. The summed E-state index contributed by atoms with van der Waals surface area (Å²) in [5.74, 6) is 0. The van der Waals surface area contributed by atoms with Gasteiger partial charge in [-0.15, -0.1) is 0 Å². The topological polar surface area (TPSA) is 43.8 Å². The highest BCUT2D eigenvalue weighted by Gasteiger charge is 2.06. The Labute approximate surface area is 99.5 Å². The van der Waals surface area contributed by atoms with E-state index in [-0.39, 0.29) is 0 Å². The first-order chi connectivity index (χ1) is 8.25. The Morgan fingerprint density at radius 3 is 2.82 bits per heavy atom. The molecule has 0 amide bonds. The number of nitrogens with two attached hydrogens (primary N) is 1. The molecule has 1 heterocycles. The van der Waals surface area contributed by atoms with E-state index in [0.717, 1.165) is 22.4 Å². The predicted molar refractivity (Wildman–Crippen MR) is 70.2 cm³/mol. The number of nitrogen functional groups attached to an aromatic ring is 1. The number of aryl methyl sites for hydroxylation is 1. The lowest BCUT2D eigenvalue weighted by molar-refractivity contribution is 1.07. The highest BCUT2D eigenvalue weighted by atomic mass is 15.0. The van der Waals surface area contributed by atoms with Crippen molar-refractivity contribution in [2.45, 2.75) is 6.92 Å². The van der Waals surface area contributed by atoms with E-state index in [1.165, 1.54) is 5.56 Å². The first kappa shape index (κ1) is 9.90. The van der Waals surface area contributed by atoms with Gasteiger partial charge >= 0.3 is 0 Å². The maximum atomic E-state index is 5.84. The van der Waals surface area contributed by atoms with E-state index >= 15 is 0 Å². The van der Waals surface area contributed by atoms with Crippen LogP contribution in [0.15, 0.2) is 48.8 Å². The molecule has 2 aromatic carbocycles. The lowest BCUT2D eigenvalue weighted by atomic mass is 10.1. The molecular weight excluding hydrogens is 210 g/mol. The van der Waals surface area contributed by atoms with Crippen LogP contribution < -0.4 is 5.73 Å². The number of rotatable bonds is 1. The fourth-order valence-corrected chi connectivity index (χ4v) is 2.04. The van der Waals surface area contributed by atoms with Gasteiger partial charge in [0.2, 0.25) is 0 Å². The summed E-state index contributed by atoms with van der Waals surface area (Å²) in [7, 11) is 0. The van der Waals surface area contributed by atoms with Crippen molar-refractivity contribution in [3.63, 3.8) is 0 Å². The van der Waals surface area contributed by atoms with Crippen molar-refractivity contribution >= 4 is 16.7 Å². The maximum Gasteiger partial charge on any atom is 0.100 e. The number of hydrogen-bond donors (Lipinski definition) is 1. The molecule has 0 bridgehead atoms. The van der Waals surface area contributed by atoms with Crippen LogP contribution in [0.3, 0.4) is 0 Å². The fourth-order valence-electron chi connectivity index (χ4n) is 2.04. The molecular formula is C14H13N3. The molecule has 3 nitrogen and oxygen atoms in total. The zero-order chi connectivity index (χ0) is 11.8. The van der Waals surface area contributed by atoms with Crippen LogP contribution in [0.2, 0.25) is 0 Å². The van der Waals surface area contributed by atoms with E-state index in [4.69, 9.17) is 5.73 Å². The molecule has 0 unspecified atom stereocenters. The van der Waals surface area contributed by atoms with Gasteiger partial charge in [0.1, 0.15) is 6.33 Å². The summed E-state index contributed by atoms with van der Waals surface area (Å²) in [6.07, 6.45) is 1.84. The largest absolute Gasteiger partial charge is 0.399 e. The number of aromatic nitrogens is 2. The van der Waals surface area contributed by atoms with Crippen LogP contribution in [-0.2, 0) is 0 Å². The van der Waals surface area contributed by atoms with Crippen molar-refractivity contribution < 1.29 is 0 Å². The van der Waals surface area contributed by atoms with Gasteiger partial charge in [0, 0.05) is 5.69 Å². The third kappa shape index (κ3) is 1.56. The molecule has 17 heavy (non-hydrogen) atoms. The summed E-state index contributed by atoms with van der Waals surface area (Å²) < 4.78 is 2.07. The summed E-state index contributed by atoms with van der Waals surface area (Å²) in [4.78, 5) is 4.39. The number of fused-ring (bicyclic) bond motifs is 1. The normalized spacial score (nSPS) is 10.9. The van der Waals surface area contributed by atoms with Crippen molar-refractivity contribution in [1.29, 1.82) is 0 Å². The molecule has 1 aromatic heterocycles. The van der Waals surface area contributed by atoms with Gasteiger partial charge in [0.05, 0.1) is 16.7 Å². The predicted octanol–water partition coefficient (Wildman–Crippen LogP) is 2.92. The van der Waals surface area contributed by atoms with Crippen LogP contribution in [0, 0.1) is 6.92 Å². The second-order valence-electron chi connectivity index (χ2n) is 4.15. The van der Waals surface area contributed by atoms with Crippen LogP contribution in [0.1, 0.15) is 5.56 Å². The monoisotopic (exact) mass is 223 g/mol. The molecule has 0 fully saturated rings. The third-order valence-corrected chi connectivity index (χ3v) is 2.95. The number of imidazole rings is 1. The summed E-state index contributed by atoms with van der Waals surface area (Å²) in [6, 6.07) is 14.0.